The fourth-order valence-electron chi connectivity index (χ4n) is 12.9. The van der Waals surface area contributed by atoms with Gasteiger partial charge in [-0.3, -0.25) is 24.0 Å². The van der Waals surface area contributed by atoms with Gasteiger partial charge in [-0.15, -0.1) is 16.4 Å². The summed E-state index contributed by atoms with van der Waals surface area (Å²) >= 11 is 3.11. The van der Waals surface area contributed by atoms with Crippen LogP contribution < -0.4 is 32.6 Å². The van der Waals surface area contributed by atoms with Crippen molar-refractivity contribution in [2.45, 2.75) is 153 Å². The van der Waals surface area contributed by atoms with Gasteiger partial charge in [0.15, 0.2) is 5.16 Å². The number of unbranched alkanes of at least 4 members (excludes halogenated alkanes) is 1. The van der Waals surface area contributed by atoms with Crippen LogP contribution in [0.2, 0.25) is 0 Å². The highest BCUT2D eigenvalue weighted by molar-refractivity contribution is 8.00. The van der Waals surface area contributed by atoms with Crippen LogP contribution in [0, 0.1) is 11.3 Å². The first-order valence-electron chi connectivity index (χ1n) is 33.2. The van der Waals surface area contributed by atoms with E-state index in [0.717, 1.165) is 39.6 Å². The lowest BCUT2D eigenvalue weighted by Crippen LogP contribution is -2.47. The molecule has 11 rings (SSSR count). The number of carbonyl (C=O) groups is 6. The number of fused-ring (bicyclic) bond motifs is 5. The average Bonchev–Trinajstić information content (AvgIpc) is 1.55. The standard InChI is InChI=1S/C68H82N14O14S3/c1-7-66(5,55-30-67(55)21-22-67)98-64-72-31-43(32-73-64)61-77-53(40-97-61)59(85)71-33-45-34-80(79-78-45)26-28-92-27-24-70-56(83)38-93-39-57(84)75-52(15-11-12-23-69)60(86)74-44-18-16-42(17-19-44)36-95-65(89)96-68(8-2)50-29-54-58-48(35-81(54)62(87)49(50)37-94-63(68)88)46(47-13-9-10-14-51(47)76-58)20-25-82(41(3)4)99(6,90)91/h9-10,13-14,16-19,29,31-32,34,40-41,52,55H,7-8,11-12,15,20-28,30,33,35-39,69H2,1-6H3,(H,70,83)(H,71,85)(H,74,86)(H,75,84)/t52-,55?,66?,68-/m0/s1. The van der Waals surface area contributed by atoms with Crippen molar-refractivity contribution in [3.05, 3.63) is 128 Å². The van der Waals surface area contributed by atoms with Crippen molar-refractivity contribution in [3.8, 4) is 22.0 Å². The molecule has 4 atom stereocenters. The van der Waals surface area contributed by atoms with Gasteiger partial charge in [-0.05, 0) is 132 Å². The highest BCUT2D eigenvalue weighted by Gasteiger charge is 2.68. The third kappa shape index (κ3) is 16.7. The first kappa shape index (κ1) is 71.7. The summed E-state index contributed by atoms with van der Waals surface area (Å²) in [6.07, 6.45) is 11.8. The molecule has 4 amide bonds. The van der Waals surface area contributed by atoms with Crippen LogP contribution in [0.1, 0.15) is 130 Å². The van der Waals surface area contributed by atoms with Crippen molar-refractivity contribution < 1.29 is 60.9 Å². The minimum Gasteiger partial charge on any atom is -0.457 e. The van der Waals surface area contributed by atoms with E-state index in [2.05, 4.69) is 60.4 Å². The Kier molecular flexibility index (Phi) is 22.4. The van der Waals surface area contributed by atoms with Crippen molar-refractivity contribution in [2.75, 3.05) is 57.6 Å². The number of sulfonamides is 1. The number of carbonyl (C=O) groups excluding carboxylic acids is 6. The lowest BCUT2D eigenvalue weighted by Gasteiger charge is -2.35. The number of ether oxygens (including phenoxy) is 5. The van der Waals surface area contributed by atoms with Gasteiger partial charge < -0.3 is 55.3 Å². The van der Waals surface area contributed by atoms with Crippen LogP contribution >= 0.6 is 23.1 Å². The van der Waals surface area contributed by atoms with Gasteiger partial charge in [-0.25, -0.2) is 42.6 Å². The summed E-state index contributed by atoms with van der Waals surface area (Å²) in [6, 6.07) is 14.2. The number of nitrogens with one attached hydrogen (secondary N) is 4. The van der Waals surface area contributed by atoms with E-state index in [4.69, 9.17) is 34.4 Å². The fraction of sp³-hybridized carbons (Fsp3) is 0.485. The summed E-state index contributed by atoms with van der Waals surface area (Å²) < 4.78 is 58.2. The molecular formula is C68H82N14O14S3. The molecule has 28 nitrogen and oxygen atoms in total. The third-order valence-corrected chi connectivity index (χ3v) is 22.5. The minimum atomic E-state index is -3.54. The largest absolute Gasteiger partial charge is 0.510 e. The normalized spacial score (nSPS) is 17.3. The molecule has 2 unspecified atom stereocenters. The van der Waals surface area contributed by atoms with Crippen molar-refractivity contribution in [3.63, 3.8) is 0 Å². The number of amides is 4. The molecule has 6 N–H and O–H groups in total. The molecule has 5 aromatic heterocycles. The lowest BCUT2D eigenvalue weighted by molar-refractivity contribution is -0.175. The number of pyridine rings is 2. The molecule has 2 aliphatic heterocycles. The summed E-state index contributed by atoms with van der Waals surface area (Å²) in [5.41, 5.74) is 9.53. The lowest BCUT2D eigenvalue weighted by atomic mass is 9.85. The average molecular weight is 1420 g/mol. The Hall–Kier alpha value is -8.59. The minimum absolute atomic E-state index is 0.116. The van der Waals surface area contributed by atoms with E-state index in [1.54, 1.807) is 82.2 Å². The molecule has 526 valence electrons. The summed E-state index contributed by atoms with van der Waals surface area (Å²) in [6.45, 7) is 9.98. The molecule has 2 aromatic carbocycles. The number of para-hydroxylation sites is 1. The Bertz CT molecular complexity index is 4330. The van der Waals surface area contributed by atoms with E-state index >= 15 is 0 Å². The highest BCUT2D eigenvalue weighted by atomic mass is 32.2. The predicted molar refractivity (Wildman–Crippen MR) is 367 cm³/mol. The van der Waals surface area contributed by atoms with Gasteiger partial charge in [0.1, 0.15) is 48.9 Å². The molecule has 2 aliphatic carbocycles. The number of anilines is 1. The number of thiazole rings is 1. The zero-order valence-corrected chi connectivity index (χ0v) is 58.6. The topological polar surface area (TPSA) is 364 Å². The monoisotopic (exact) mass is 1410 g/mol. The van der Waals surface area contributed by atoms with Gasteiger partial charge in [-0.2, -0.15) is 4.31 Å². The van der Waals surface area contributed by atoms with E-state index in [0.29, 0.717) is 76.6 Å². The highest BCUT2D eigenvalue weighted by Crippen LogP contribution is 2.76. The second-order valence-corrected chi connectivity index (χ2v) is 30.0. The Morgan fingerprint density at radius 3 is 2.44 bits per heavy atom. The van der Waals surface area contributed by atoms with Gasteiger partial charge >= 0.3 is 12.1 Å². The maximum Gasteiger partial charge on any atom is 0.510 e. The van der Waals surface area contributed by atoms with E-state index in [9.17, 15) is 42.0 Å². The first-order valence-corrected chi connectivity index (χ1v) is 36.7. The van der Waals surface area contributed by atoms with Crippen molar-refractivity contribution in [2.24, 2.45) is 17.1 Å². The number of aromatic nitrogens is 8. The maximum absolute atomic E-state index is 14.4. The quantitative estimate of drug-likeness (QED) is 0.0123. The zero-order valence-electron chi connectivity index (χ0n) is 56.1. The number of thioether (sulfide) groups is 1. The Balaban J connectivity index is 0.589. The van der Waals surface area contributed by atoms with Gasteiger partial charge in [-0.1, -0.05) is 61.2 Å². The van der Waals surface area contributed by atoms with Gasteiger partial charge in [0.05, 0.1) is 67.8 Å². The SMILES string of the molecule is CCC(C)(Sc1ncc(-c2nc(C(=O)NCc3cn(CCOCCNC(=O)COCC(=O)N[C@@H](CCCCN)C(=O)Nc4ccc(COC(=O)O[C@]5(CC)C(=O)OCc6c5cc5n(c6=O)Cc6c-5nc5ccccc5c6CCN(C(C)C)S(C)(=O)=O)cc4)nn3)cs2)cn1)C1CC12CC2. The number of rotatable bonds is 34. The number of benzene rings is 2. The molecule has 1 spiro atoms. The molecule has 0 bridgehead atoms. The predicted octanol–water partition coefficient (Wildman–Crippen LogP) is 6.55. The summed E-state index contributed by atoms with van der Waals surface area (Å²) in [7, 11) is -3.54. The molecule has 7 aromatic rings. The molecule has 2 fully saturated rings. The van der Waals surface area contributed by atoms with Crippen LogP contribution in [0.15, 0.2) is 88.5 Å². The summed E-state index contributed by atoms with van der Waals surface area (Å²) in [5, 5.41) is 23.1. The van der Waals surface area contributed by atoms with E-state index in [1.807, 2.05) is 38.1 Å². The number of nitrogens with zero attached hydrogens (tertiary/aromatic N) is 9. The van der Waals surface area contributed by atoms with Crippen LogP contribution in [0.25, 0.3) is 32.9 Å². The van der Waals surface area contributed by atoms with Gasteiger partial charge in [0.2, 0.25) is 33.3 Å². The Labute approximate surface area is 580 Å². The van der Waals surface area contributed by atoms with Gasteiger partial charge in [0, 0.05) is 69.4 Å². The van der Waals surface area contributed by atoms with E-state index in [-0.39, 0.29) is 99.0 Å². The smallest absolute Gasteiger partial charge is 0.457 e. The van der Waals surface area contributed by atoms with E-state index < -0.39 is 70.3 Å². The van der Waals surface area contributed by atoms with E-state index in [1.165, 1.54) is 41.2 Å². The number of nitrogens with two attached hydrogens (primary N) is 1. The number of esters is 1. The molecule has 0 radical (unpaired) electrons. The number of hydrogen-bond donors (Lipinski definition) is 5. The molecule has 4 aliphatic rings. The number of cyclic esters (lactones) is 1. The van der Waals surface area contributed by atoms with Crippen LogP contribution in [0.5, 0.6) is 0 Å². The molecule has 0 saturated heterocycles. The molecule has 2 saturated carbocycles. The zero-order chi connectivity index (χ0) is 70.2. The first-order chi connectivity index (χ1) is 47.5. The molecular weight excluding hydrogens is 1330 g/mol. The summed E-state index contributed by atoms with van der Waals surface area (Å²) in [4.78, 5) is 113. The van der Waals surface area contributed by atoms with Crippen LogP contribution in [0.4, 0.5) is 10.5 Å². The van der Waals surface area contributed by atoms with Crippen molar-refractivity contribution in [1.82, 2.24) is 59.8 Å². The van der Waals surface area contributed by atoms with Crippen LogP contribution in [-0.4, -0.2) is 157 Å². The maximum atomic E-state index is 14.4. The Morgan fingerprint density at radius 1 is 0.960 bits per heavy atom. The van der Waals surface area contributed by atoms with Crippen molar-refractivity contribution >= 4 is 85.5 Å². The molecule has 99 heavy (non-hydrogen) atoms. The molecule has 7 heterocycles. The van der Waals surface area contributed by atoms with Crippen LogP contribution in [0.3, 0.4) is 0 Å². The Morgan fingerprint density at radius 2 is 1.73 bits per heavy atom. The summed E-state index contributed by atoms with van der Waals surface area (Å²) in [5.74, 6) is -2.16. The second-order valence-electron chi connectivity index (χ2n) is 25.7. The third-order valence-electron chi connectivity index (χ3n) is 18.7. The molecule has 31 heteroatoms. The number of hydrogen-bond acceptors (Lipinski definition) is 23. The van der Waals surface area contributed by atoms with Crippen LogP contribution in [-0.2, 0) is 97.8 Å². The fourth-order valence-corrected chi connectivity index (χ4v) is 16.1. The van der Waals surface area contributed by atoms with Gasteiger partial charge in [0.25, 0.3) is 11.5 Å². The van der Waals surface area contributed by atoms with Crippen molar-refractivity contribution in [1.29, 1.82) is 0 Å². The second kappa shape index (κ2) is 30.9.